The predicted molar refractivity (Wildman–Crippen MR) is 97.5 cm³/mol. The van der Waals surface area contributed by atoms with Gasteiger partial charge in [0.2, 0.25) is 0 Å². The van der Waals surface area contributed by atoms with E-state index in [2.05, 4.69) is 5.10 Å². The summed E-state index contributed by atoms with van der Waals surface area (Å²) in [4.78, 5) is 26.3. The largest absolute Gasteiger partial charge is 0.481 e. The molecule has 8 heteroatoms. The first-order valence-corrected chi connectivity index (χ1v) is 8.98. The summed E-state index contributed by atoms with van der Waals surface area (Å²) in [6.07, 6.45) is -0.0904. The van der Waals surface area contributed by atoms with Crippen LogP contribution in [0.5, 0.6) is 0 Å². The number of aliphatic carboxylic acids is 1. The van der Waals surface area contributed by atoms with Crippen molar-refractivity contribution < 1.29 is 19.1 Å². The third-order valence-corrected chi connectivity index (χ3v) is 5.19. The van der Waals surface area contributed by atoms with E-state index in [1.165, 1.54) is 28.4 Å². The summed E-state index contributed by atoms with van der Waals surface area (Å²) in [5, 5.41) is 14.2. The second kappa shape index (κ2) is 7.25. The van der Waals surface area contributed by atoms with Gasteiger partial charge in [-0.05, 0) is 44.2 Å². The summed E-state index contributed by atoms with van der Waals surface area (Å²) in [5.41, 5.74) is 1.48. The summed E-state index contributed by atoms with van der Waals surface area (Å²) < 4.78 is 14.9. The maximum atomic E-state index is 13.2. The lowest BCUT2D eigenvalue weighted by atomic mass is 10.3. The minimum atomic E-state index is -0.935. The van der Waals surface area contributed by atoms with E-state index in [9.17, 15) is 14.0 Å². The van der Waals surface area contributed by atoms with Gasteiger partial charge in [0.25, 0.3) is 5.91 Å². The number of hydrogen-bond acceptors (Lipinski definition) is 4. The maximum Gasteiger partial charge on any atom is 0.305 e. The van der Waals surface area contributed by atoms with Crippen molar-refractivity contribution in [3.05, 3.63) is 46.7 Å². The highest BCUT2D eigenvalue weighted by Crippen LogP contribution is 2.31. The van der Waals surface area contributed by atoms with Gasteiger partial charge in [-0.1, -0.05) is 0 Å². The molecule has 2 heterocycles. The van der Waals surface area contributed by atoms with Crippen LogP contribution in [-0.2, 0) is 4.79 Å². The zero-order valence-corrected chi connectivity index (χ0v) is 15.2. The molecule has 0 bridgehead atoms. The fourth-order valence-electron chi connectivity index (χ4n) is 2.70. The molecule has 1 amide bonds. The Kier molecular flexibility index (Phi) is 5.03. The number of thiophene rings is 1. The average molecular weight is 375 g/mol. The first-order chi connectivity index (χ1) is 12.4. The SMILES string of the molecule is CCN(CCC(=O)O)C(=O)c1cc2c(C)nn(-c3ccc(F)cc3)c2s1. The molecule has 0 aliphatic rings. The molecule has 0 saturated heterocycles. The van der Waals surface area contributed by atoms with Crippen molar-refractivity contribution in [2.24, 2.45) is 0 Å². The number of fused-ring (bicyclic) bond motifs is 1. The zero-order valence-electron chi connectivity index (χ0n) is 14.4. The minimum Gasteiger partial charge on any atom is -0.481 e. The Hall–Kier alpha value is -2.74. The van der Waals surface area contributed by atoms with Gasteiger partial charge in [0, 0.05) is 18.5 Å². The van der Waals surface area contributed by atoms with Crippen LogP contribution in [0.1, 0.15) is 28.7 Å². The highest BCUT2D eigenvalue weighted by molar-refractivity contribution is 7.20. The number of carboxylic acid groups (broad SMARTS) is 1. The van der Waals surface area contributed by atoms with Crippen LogP contribution in [0.4, 0.5) is 4.39 Å². The average Bonchev–Trinajstić information content (AvgIpc) is 3.17. The molecule has 3 rings (SSSR count). The Morgan fingerprint density at radius 2 is 2.00 bits per heavy atom. The predicted octanol–water partition coefficient (Wildman–Crippen LogP) is 3.47. The first-order valence-electron chi connectivity index (χ1n) is 8.17. The van der Waals surface area contributed by atoms with E-state index < -0.39 is 5.97 Å². The van der Waals surface area contributed by atoms with E-state index in [4.69, 9.17) is 5.11 Å². The van der Waals surface area contributed by atoms with Gasteiger partial charge in [-0.25, -0.2) is 9.07 Å². The first kappa shape index (κ1) is 18.1. The van der Waals surface area contributed by atoms with Gasteiger partial charge in [0.05, 0.1) is 22.7 Å². The van der Waals surface area contributed by atoms with Gasteiger partial charge in [-0.15, -0.1) is 11.3 Å². The van der Waals surface area contributed by atoms with Crippen molar-refractivity contribution in [2.45, 2.75) is 20.3 Å². The molecule has 26 heavy (non-hydrogen) atoms. The lowest BCUT2D eigenvalue weighted by Gasteiger charge is -2.18. The molecular formula is C18H18FN3O3S. The molecule has 1 aromatic carbocycles. The molecule has 3 aromatic rings. The van der Waals surface area contributed by atoms with Gasteiger partial charge in [-0.3, -0.25) is 9.59 Å². The van der Waals surface area contributed by atoms with Gasteiger partial charge < -0.3 is 10.0 Å². The van der Waals surface area contributed by atoms with E-state index in [1.807, 2.05) is 13.8 Å². The lowest BCUT2D eigenvalue weighted by molar-refractivity contribution is -0.137. The normalized spacial score (nSPS) is 11.0. The number of amides is 1. The topological polar surface area (TPSA) is 75.4 Å². The number of nitrogens with zero attached hydrogens (tertiary/aromatic N) is 3. The number of rotatable bonds is 6. The van der Waals surface area contributed by atoms with Crippen LogP contribution in [0.3, 0.4) is 0 Å². The van der Waals surface area contributed by atoms with Crippen molar-refractivity contribution in [3.63, 3.8) is 0 Å². The fraction of sp³-hybridized carbons (Fsp3) is 0.278. The van der Waals surface area contributed by atoms with Gasteiger partial charge >= 0.3 is 5.97 Å². The molecule has 6 nitrogen and oxygen atoms in total. The zero-order chi connectivity index (χ0) is 18.8. The Morgan fingerprint density at radius 1 is 1.31 bits per heavy atom. The molecule has 136 valence electrons. The smallest absolute Gasteiger partial charge is 0.305 e. The molecule has 0 saturated carbocycles. The second-order valence-electron chi connectivity index (χ2n) is 5.83. The Morgan fingerprint density at radius 3 is 2.62 bits per heavy atom. The van der Waals surface area contributed by atoms with Crippen LogP contribution >= 0.6 is 11.3 Å². The summed E-state index contributed by atoms with van der Waals surface area (Å²) in [5.74, 6) is -1.46. The number of halogens is 1. The third kappa shape index (κ3) is 3.45. The number of aryl methyl sites for hydroxylation is 1. The molecule has 0 atom stereocenters. The number of carboxylic acids is 1. The summed E-state index contributed by atoms with van der Waals surface area (Å²) in [6, 6.07) is 7.78. The van der Waals surface area contributed by atoms with Gasteiger partial charge in [0.15, 0.2) is 0 Å². The van der Waals surface area contributed by atoms with Gasteiger partial charge in [-0.2, -0.15) is 5.10 Å². The molecule has 0 aliphatic heterocycles. The summed E-state index contributed by atoms with van der Waals surface area (Å²) in [6.45, 7) is 4.27. The molecule has 0 fully saturated rings. The van der Waals surface area contributed by atoms with E-state index in [0.717, 1.165) is 15.9 Å². The fourth-order valence-corrected chi connectivity index (χ4v) is 3.85. The van der Waals surface area contributed by atoms with Crippen LogP contribution in [0.25, 0.3) is 15.9 Å². The molecule has 0 radical (unpaired) electrons. The van der Waals surface area contributed by atoms with E-state index >= 15 is 0 Å². The summed E-state index contributed by atoms with van der Waals surface area (Å²) >= 11 is 1.30. The molecule has 0 aliphatic carbocycles. The monoisotopic (exact) mass is 375 g/mol. The van der Waals surface area contributed by atoms with E-state index in [0.29, 0.717) is 17.1 Å². The van der Waals surface area contributed by atoms with Crippen molar-refractivity contribution in [2.75, 3.05) is 13.1 Å². The highest BCUT2D eigenvalue weighted by Gasteiger charge is 2.21. The van der Waals surface area contributed by atoms with Crippen LogP contribution in [0.15, 0.2) is 30.3 Å². The summed E-state index contributed by atoms with van der Waals surface area (Å²) in [7, 11) is 0. The lowest BCUT2D eigenvalue weighted by Crippen LogP contribution is -2.32. The standard InChI is InChI=1S/C18H18FN3O3S/c1-3-21(9-8-16(23)24)17(25)15-10-14-11(2)20-22(18(14)26-15)13-6-4-12(19)5-7-13/h4-7,10H,3,8-9H2,1-2H3,(H,23,24). The van der Waals surface area contributed by atoms with Crippen molar-refractivity contribution in [1.29, 1.82) is 0 Å². The molecule has 0 unspecified atom stereocenters. The Labute approximate surface area is 153 Å². The van der Waals surface area contributed by atoms with Crippen LogP contribution < -0.4 is 0 Å². The van der Waals surface area contributed by atoms with Crippen LogP contribution in [0.2, 0.25) is 0 Å². The molecular weight excluding hydrogens is 357 g/mol. The number of aromatic nitrogens is 2. The molecule has 1 N–H and O–H groups in total. The number of carbonyl (C=O) groups excluding carboxylic acids is 1. The Bertz CT molecular complexity index is 962. The van der Waals surface area contributed by atoms with E-state index in [-0.39, 0.29) is 24.7 Å². The second-order valence-corrected chi connectivity index (χ2v) is 6.86. The van der Waals surface area contributed by atoms with Crippen LogP contribution in [-0.4, -0.2) is 44.8 Å². The third-order valence-electron chi connectivity index (χ3n) is 4.09. The van der Waals surface area contributed by atoms with Crippen molar-refractivity contribution >= 4 is 33.4 Å². The molecule has 2 aromatic heterocycles. The quantitative estimate of drug-likeness (QED) is 0.716. The Balaban J connectivity index is 1.96. The maximum absolute atomic E-state index is 13.2. The van der Waals surface area contributed by atoms with Gasteiger partial charge in [0.1, 0.15) is 10.6 Å². The number of carbonyl (C=O) groups is 2. The molecule has 0 spiro atoms. The van der Waals surface area contributed by atoms with Crippen molar-refractivity contribution in [3.8, 4) is 5.69 Å². The minimum absolute atomic E-state index is 0.0904. The number of benzene rings is 1. The highest BCUT2D eigenvalue weighted by atomic mass is 32.1. The van der Waals surface area contributed by atoms with E-state index in [1.54, 1.807) is 22.9 Å². The van der Waals surface area contributed by atoms with Crippen LogP contribution in [0, 0.1) is 12.7 Å². The number of hydrogen-bond donors (Lipinski definition) is 1. The van der Waals surface area contributed by atoms with Crippen molar-refractivity contribution in [1.82, 2.24) is 14.7 Å².